The maximum atomic E-state index is 13.6. The smallest absolute Gasteiger partial charge is 0.243 e. The number of aromatic nitrogens is 1. The molecule has 0 spiro atoms. The van der Waals surface area contributed by atoms with Gasteiger partial charge in [0.25, 0.3) is 0 Å². The SMILES string of the molecule is CCC(O)c1nccc2c(S(=O)(=O)N3CCCN(Cc4ccccc4)CC3)cccc12. The van der Waals surface area contributed by atoms with E-state index >= 15 is 0 Å². The Hall–Kier alpha value is -2.32. The maximum absolute atomic E-state index is 13.6. The average molecular weight is 440 g/mol. The fourth-order valence-corrected chi connectivity index (χ4v) is 5.89. The molecule has 0 radical (unpaired) electrons. The van der Waals surface area contributed by atoms with Crippen molar-refractivity contribution in [3.63, 3.8) is 0 Å². The minimum absolute atomic E-state index is 0.286. The van der Waals surface area contributed by atoms with Crippen LogP contribution >= 0.6 is 0 Å². The van der Waals surface area contributed by atoms with E-state index in [2.05, 4.69) is 22.0 Å². The topological polar surface area (TPSA) is 73.7 Å². The zero-order valence-electron chi connectivity index (χ0n) is 17.8. The highest BCUT2D eigenvalue weighted by atomic mass is 32.2. The van der Waals surface area contributed by atoms with Gasteiger partial charge in [-0.1, -0.05) is 49.4 Å². The van der Waals surface area contributed by atoms with Crippen molar-refractivity contribution in [1.29, 1.82) is 0 Å². The lowest BCUT2D eigenvalue weighted by molar-refractivity contribution is 0.170. The number of hydrogen-bond donors (Lipinski definition) is 1. The second-order valence-corrected chi connectivity index (χ2v) is 9.90. The van der Waals surface area contributed by atoms with Crippen LogP contribution in [-0.2, 0) is 16.6 Å². The molecule has 0 aliphatic carbocycles. The maximum Gasteiger partial charge on any atom is 0.243 e. The highest BCUT2D eigenvalue weighted by Crippen LogP contribution is 2.30. The number of benzene rings is 2. The van der Waals surface area contributed by atoms with Gasteiger partial charge in [-0.05, 0) is 37.1 Å². The van der Waals surface area contributed by atoms with E-state index in [9.17, 15) is 13.5 Å². The predicted molar refractivity (Wildman–Crippen MR) is 122 cm³/mol. The molecule has 0 bridgehead atoms. The van der Waals surface area contributed by atoms with Crippen LogP contribution in [0, 0.1) is 0 Å². The molecule has 31 heavy (non-hydrogen) atoms. The van der Waals surface area contributed by atoms with Crippen LogP contribution in [0.1, 0.15) is 37.1 Å². The molecule has 0 amide bonds. The summed E-state index contributed by atoms with van der Waals surface area (Å²) in [6, 6.07) is 17.2. The number of pyridine rings is 1. The van der Waals surface area contributed by atoms with Crippen LogP contribution in [0.25, 0.3) is 10.8 Å². The highest BCUT2D eigenvalue weighted by molar-refractivity contribution is 7.89. The number of hydrogen-bond acceptors (Lipinski definition) is 5. The van der Waals surface area contributed by atoms with Gasteiger partial charge in [-0.3, -0.25) is 9.88 Å². The Morgan fingerprint density at radius 2 is 1.77 bits per heavy atom. The van der Waals surface area contributed by atoms with Crippen LogP contribution in [0.3, 0.4) is 0 Å². The third-order valence-corrected chi connectivity index (χ3v) is 7.87. The fraction of sp³-hybridized carbons (Fsp3) is 0.375. The summed E-state index contributed by atoms with van der Waals surface area (Å²) in [5.74, 6) is 0. The lowest BCUT2D eigenvalue weighted by atomic mass is 10.1. The average Bonchev–Trinajstić information content (AvgIpc) is 3.04. The third kappa shape index (κ3) is 4.65. The van der Waals surface area contributed by atoms with Crippen molar-refractivity contribution in [1.82, 2.24) is 14.2 Å². The summed E-state index contributed by atoms with van der Waals surface area (Å²) in [5.41, 5.74) is 1.77. The zero-order chi connectivity index (χ0) is 21.8. The van der Waals surface area contributed by atoms with Crippen LogP contribution in [0.15, 0.2) is 65.7 Å². The molecule has 4 rings (SSSR count). The Labute approximate surface area is 184 Å². The Kier molecular flexibility index (Phi) is 6.67. The standard InChI is InChI=1S/C24H29N3O3S/c1-2-22(28)24-21-10-6-11-23(20(21)12-13-25-24)31(29,30)27-15-7-14-26(16-17-27)18-19-8-4-3-5-9-19/h3-6,8-13,22,28H,2,7,14-18H2,1H3. The minimum Gasteiger partial charge on any atom is -0.387 e. The van der Waals surface area contributed by atoms with Crippen molar-refractivity contribution in [2.75, 3.05) is 26.2 Å². The van der Waals surface area contributed by atoms with Crippen molar-refractivity contribution in [2.24, 2.45) is 0 Å². The van der Waals surface area contributed by atoms with Crippen LogP contribution in [-0.4, -0.2) is 53.9 Å². The van der Waals surface area contributed by atoms with E-state index in [-0.39, 0.29) is 4.90 Å². The number of rotatable bonds is 6. The summed E-state index contributed by atoms with van der Waals surface area (Å²) in [5, 5.41) is 11.6. The summed E-state index contributed by atoms with van der Waals surface area (Å²) < 4.78 is 28.8. The molecule has 2 heterocycles. The molecular formula is C24H29N3O3S. The summed E-state index contributed by atoms with van der Waals surface area (Å²) in [6.45, 7) is 5.23. The molecule has 7 heteroatoms. The van der Waals surface area contributed by atoms with Gasteiger partial charge < -0.3 is 5.11 Å². The normalized spacial score (nSPS) is 17.5. The van der Waals surface area contributed by atoms with Crippen LogP contribution in [0.5, 0.6) is 0 Å². The van der Waals surface area contributed by atoms with E-state index in [4.69, 9.17) is 0 Å². The number of fused-ring (bicyclic) bond motifs is 1. The molecule has 1 unspecified atom stereocenters. The molecule has 1 N–H and O–H groups in total. The van der Waals surface area contributed by atoms with Gasteiger partial charge in [0.1, 0.15) is 0 Å². The largest absolute Gasteiger partial charge is 0.387 e. The quantitative estimate of drug-likeness (QED) is 0.636. The Morgan fingerprint density at radius 3 is 2.55 bits per heavy atom. The van der Waals surface area contributed by atoms with Gasteiger partial charge in [-0.15, -0.1) is 0 Å². The summed E-state index contributed by atoms with van der Waals surface area (Å²) in [4.78, 5) is 6.91. The number of aliphatic hydroxyl groups excluding tert-OH is 1. The first-order chi connectivity index (χ1) is 15.0. The van der Waals surface area contributed by atoms with Gasteiger partial charge in [0.05, 0.1) is 16.7 Å². The van der Waals surface area contributed by atoms with Gasteiger partial charge in [0.2, 0.25) is 10.0 Å². The number of sulfonamides is 1. The lowest BCUT2D eigenvalue weighted by Crippen LogP contribution is -2.35. The predicted octanol–water partition coefficient (Wildman–Crippen LogP) is 3.57. The number of nitrogens with zero attached hydrogens (tertiary/aromatic N) is 3. The Balaban J connectivity index is 1.59. The van der Waals surface area contributed by atoms with Gasteiger partial charge in [-0.25, -0.2) is 8.42 Å². The van der Waals surface area contributed by atoms with Crippen LogP contribution in [0.4, 0.5) is 0 Å². The molecule has 0 saturated carbocycles. The Bertz CT molecular complexity index is 1140. The number of aliphatic hydroxyl groups is 1. The van der Waals surface area contributed by atoms with Gasteiger partial charge >= 0.3 is 0 Å². The second-order valence-electron chi connectivity index (χ2n) is 7.99. The molecule has 1 aliphatic heterocycles. The molecule has 1 saturated heterocycles. The third-order valence-electron chi connectivity index (χ3n) is 5.91. The van der Waals surface area contributed by atoms with E-state index in [0.29, 0.717) is 42.5 Å². The lowest BCUT2D eigenvalue weighted by Gasteiger charge is -2.23. The summed E-state index contributed by atoms with van der Waals surface area (Å²) >= 11 is 0. The summed E-state index contributed by atoms with van der Waals surface area (Å²) in [7, 11) is -3.66. The minimum atomic E-state index is -3.66. The van der Waals surface area contributed by atoms with Crippen LogP contribution < -0.4 is 0 Å². The van der Waals surface area contributed by atoms with E-state index in [1.165, 1.54) is 5.56 Å². The molecule has 2 aromatic carbocycles. The van der Waals surface area contributed by atoms with E-state index in [1.807, 2.05) is 31.2 Å². The molecule has 1 atom stereocenters. The highest BCUT2D eigenvalue weighted by Gasteiger charge is 2.29. The molecule has 3 aromatic rings. The van der Waals surface area contributed by atoms with Gasteiger partial charge in [0.15, 0.2) is 0 Å². The first-order valence-corrected chi connectivity index (χ1v) is 12.3. The molecule has 164 valence electrons. The van der Waals surface area contributed by atoms with Crippen LogP contribution in [0.2, 0.25) is 0 Å². The van der Waals surface area contributed by atoms with E-state index < -0.39 is 16.1 Å². The Morgan fingerprint density at radius 1 is 0.968 bits per heavy atom. The van der Waals surface area contributed by atoms with Crippen molar-refractivity contribution >= 4 is 20.8 Å². The second kappa shape index (κ2) is 9.44. The molecule has 1 fully saturated rings. The zero-order valence-corrected chi connectivity index (χ0v) is 18.6. The molecule has 6 nitrogen and oxygen atoms in total. The van der Waals surface area contributed by atoms with Gasteiger partial charge in [-0.2, -0.15) is 4.31 Å². The van der Waals surface area contributed by atoms with E-state index in [0.717, 1.165) is 19.5 Å². The first-order valence-electron chi connectivity index (χ1n) is 10.8. The van der Waals surface area contributed by atoms with Crippen molar-refractivity contribution in [3.05, 3.63) is 72.1 Å². The monoisotopic (exact) mass is 439 g/mol. The van der Waals surface area contributed by atoms with Crippen molar-refractivity contribution in [2.45, 2.75) is 37.3 Å². The van der Waals surface area contributed by atoms with Crippen molar-refractivity contribution in [3.8, 4) is 0 Å². The molecule has 1 aromatic heterocycles. The van der Waals surface area contributed by atoms with E-state index in [1.54, 1.807) is 28.7 Å². The van der Waals surface area contributed by atoms with Gasteiger partial charge in [0, 0.05) is 43.1 Å². The molecular weight excluding hydrogens is 410 g/mol. The van der Waals surface area contributed by atoms with Crippen molar-refractivity contribution < 1.29 is 13.5 Å². The molecule has 1 aliphatic rings. The summed E-state index contributed by atoms with van der Waals surface area (Å²) in [6.07, 6.45) is 2.18. The fourth-order valence-electron chi connectivity index (χ4n) is 4.21. The first kappa shape index (κ1) is 21.9.